The van der Waals surface area contributed by atoms with Gasteiger partial charge >= 0.3 is 0 Å². The Kier molecular flexibility index (Phi) is 7.99. The van der Waals surface area contributed by atoms with Crippen molar-refractivity contribution in [3.8, 4) is 5.75 Å². The van der Waals surface area contributed by atoms with Crippen molar-refractivity contribution in [2.45, 2.75) is 6.92 Å². The Morgan fingerprint density at radius 3 is 2.65 bits per heavy atom. The number of aromatic nitrogens is 3. The van der Waals surface area contributed by atoms with Crippen molar-refractivity contribution in [3.63, 3.8) is 0 Å². The number of carbonyl (C=O) groups is 1. The SMILES string of the molecule is Cc1ccc2c(Nc3ccc(OCCN4CCN(C)CC4)cc3F)nccc2c1NC(=O)c1cccc2c(N)ncnc12. The smallest absolute Gasteiger partial charge is 0.257 e. The van der Waals surface area contributed by atoms with E-state index in [9.17, 15) is 4.79 Å². The maximum absolute atomic E-state index is 15.2. The summed E-state index contributed by atoms with van der Waals surface area (Å²) in [5, 5.41) is 8.24. The zero-order chi connectivity index (χ0) is 29.9. The molecule has 11 heteroatoms. The lowest BCUT2D eigenvalue weighted by Crippen LogP contribution is -2.45. The molecule has 3 heterocycles. The Labute approximate surface area is 248 Å². The molecule has 2 aromatic heterocycles. The number of anilines is 4. The summed E-state index contributed by atoms with van der Waals surface area (Å²) in [6.45, 7) is 7.30. The molecule has 10 nitrogen and oxygen atoms in total. The van der Waals surface area contributed by atoms with Gasteiger partial charge in [0.05, 0.1) is 22.5 Å². The molecule has 4 N–H and O–H groups in total. The zero-order valence-corrected chi connectivity index (χ0v) is 24.1. The van der Waals surface area contributed by atoms with Crippen LogP contribution in [0.25, 0.3) is 21.7 Å². The molecule has 0 radical (unpaired) electrons. The maximum atomic E-state index is 15.2. The second-order valence-corrected chi connectivity index (χ2v) is 10.7. The average Bonchev–Trinajstić information content (AvgIpc) is 3.01. The second-order valence-electron chi connectivity index (χ2n) is 10.7. The number of nitrogens with one attached hydrogen (secondary N) is 2. The Balaban J connectivity index is 1.20. The van der Waals surface area contributed by atoms with E-state index in [2.05, 4.69) is 42.4 Å². The van der Waals surface area contributed by atoms with Crippen LogP contribution in [0.3, 0.4) is 0 Å². The van der Waals surface area contributed by atoms with E-state index in [1.165, 1.54) is 12.4 Å². The zero-order valence-electron chi connectivity index (χ0n) is 24.1. The van der Waals surface area contributed by atoms with Crippen LogP contribution in [0.4, 0.5) is 27.4 Å². The number of para-hydroxylation sites is 1. The number of nitrogens with zero attached hydrogens (tertiary/aromatic N) is 5. The van der Waals surface area contributed by atoms with Gasteiger partial charge in [-0.1, -0.05) is 18.2 Å². The fourth-order valence-electron chi connectivity index (χ4n) is 5.28. The van der Waals surface area contributed by atoms with Crippen molar-refractivity contribution in [1.82, 2.24) is 24.8 Å². The Morgan fingerprint density at radius 1 is 1.00 bits per heavy atom. The van der Waals surface area contributed by atoms with Crippen molar-refractivity contribution in [1.29, 1.82) is 0 Å². The molecule has 0 bridgehead atoms. The molecule has 1 saturated heterocycles. The number of hydrogen-bond acceptors (Lipinski definition) is 9. The molecule has 0 atom stereocenters. The highest BCUT2D eigenvalue weighted by molar-refractivity contribution is 6.16. The lowest BCUT2D eigenvalue weighted by molar-refractivity contribution is 0.102. The fraction of sp³-hybridized carbons (Fsp3) is 0.250. The number of amides is 1. The van der Waals surface area contributed by atoms with E-state index in [1.54, 1.807) is 36.5 Å². The standard InChI is InChI=1S/C32H33FN8O2/c1-20-6-8-23-22(28(20)39-32(42)25-5-3-4-24-29(25)36-19-37-30(24)34)10-11-35-31(23)38-27-9-7-21(18-26(27)33)43-17-16-41-14-12-40(2)13-15-41/h3-11,18-19H,12-17H2,1-2H3,(H,35,38)(H,39,42)(H2,34,36,37). The van der Waals surface area contributed by atoms with Gasteiger partial charge in [0.1, 0.15) is 36.1 Å². The number of benzene rings is 3. The van der Waals surface area contributed by atoms with Gasteiger partial charge in [-0.25, -0.2) is 19.3 Å². The second kappa shape index (κ2) is 12.2. The van der Waals surface area contributed by atoms with Gasteiger partial charge in [-0.05, 0) is 49.9 Å². The first kappa shape index (κ1) is 28.3. The molecule has 1 aliphatic rings. The summed E-state index contributed by atoms with van der Waals surface area (Å²) in [5.41, 5.74) is 8.59. The maximum Gasteiger partial charge on any atom is 0.257 e. The van der Waals surface area contributed by atoms with Crippen molar-refractivity contribution in [2.75, 3.05) is 62.7 Å². The van der Waals surface area contributed by atoms with Gasteiger partial charge in [-0.15, -0.1) is 0 Å². The first-order valence-corrected chi connectivity index (χ1v) is 14.2. The molecule has 0 spiro atoms. The summed E-state index contributed by atoms with van der Waals surface area (Å²) >= 11 is 0. The molecule has 1 fully saturated rings. The Hall–Kier alpha value is -4.87. The summed E-state index contributed by atoms with van der Waals surface area (Å²) in [6, 6.07) is 15.6. The number of pyridine rings is 1. The third-order valence-corrected chi connectivity index (χ3v) is 7.80. The highest BCUT2D eigenvalue weighted by atomic mass is 19.1. The third-order valence-electron chi connectivity index (χ3n) is 7.80. The normalized spacial score (nSPS) is 14.2. The lowest BCUT2D eigenvalue weighted by Gasteiger charge is -2.32. The summed E-state index contributed by atoms with van der Waals surface area (Å²) in [5.74, 6) is 0.458. The first-order valence-electron chi connectivity index (χ1n) is 14.2. The lowest BCUT2D eigenvalue weighted by atomic mass is 10.0. The van der Waals surface area contributed by atoms with Crippen molar-refractivity contribution < 1.29 is 13.9 Å². The van der Waals surface area contributed by atoms with E-state index >= 15 is 4.39 Å². The molecule has 5 aromatic rings. The highest BCUT2D eigenvalue weighted by Crippen LogP contribution is 2.34. The fourth-order valence-corrected chi connectivity index (χ4v) is 5.28. The average molecular weight is 581 g/mol. The molecule has 0 saturated carbocycles. The minimum atomic E-state index is -0.450. The number of rotatable bonds is 8. The highest BCUT2D eigenvalue weighted by Gasteiger charge is 2.18. The number of fused-ring (bicyclic) bond motifs is 2. The van der Waals surface area contributed by atoms with Crippen LogP contribution < -0.4 is 21.1 Å². The van der Waals surface area contributed by atoms with Crippen LogP contribution in [-0.2, 0) is 0 Å². The third kappa shape index (κ3) is 6.04. The summed E-state index contributed by atoms with van der Waals surface area (Å²) in [4.78, 5) is 30.9. The Morgan fingerprint density at radius 2 is 1.84 bits per heavy atom. The summed E-state index contributed by atoms with van der Waals surface area (Å²) < 4.78 is 21.0. The quantitative estimate of drug-likeness (QED) is 0.237. The molecule has 1 aliphatic heterocycles. The number of halogens is 1. The topological polar surface area (TPSA) is 122 Å². The monoisotopic (exact) mass is 580 g/mol. The molecule has 220 valence electrons. The molecule has 1 amide bonds. The first-order chi connectivity index (χ1) is 20.9. The Bertz CT molecular complexity index is 1810. The molecule has 43 heavy (non-hydrogen) atoms. The van der Waals surface area contributed by atoms with Crippen molar-refractivity contribution in [3.05, 3.63) is 84.1 Å². The molecule has 0 aliphatic carbocycles. The summed E-state index contributed by atoms with van der Waals surface area (Å²) in [7, 11) is 2.12. The van der Waals surface area contributed by atoms with Crippen LogP contribution in [0.15, 0.2) is 67.1 Å². The molecular weight excluding hydrogens is 547 g/mol. The van der Waals surface area contributed by atoms with Crippen LogP contribution in [0.5, 0.6) is 5.75 Å². The van der Waals surface area contributed by atoms with Crippen molar-refractivity contribution in [2.24, 2.45) is 0 Å². The molecule has 6 rings (SSSR count). The van der Waals surface area contributed by atoms with Gasteiger partial charge in [-0.2, -0.15) is 0 Å². The van der Waals surface area contributed by atoms with E-state index in [1.807, 2.05) is 25.1 Å². The minimum absolute atomic E-state index is 0.269. The number of piperazine rings is 1. The van der Waals surface area contributed by atoms with Crippen LogP contribution in [-0.4, -0.2) is 77.0 Å². The number of aryl methyl sites for hydroxylation is 1. The van der Waals surface area contributed by atoms with Crippen LogP contribution in [0, 0.1) is 12.7 Å². The van der Waals surface area contributed by atoms with Gasteiger partial charge in [0.15, 0.2) is 0 Å². The van der Waals surface area contributed by atoms with Crippen LogP contribution in [0.2, 0.25) is 0 Å². The number of nitrogen functional groups attached to an aromatic ring is 1. The van der Waals surface area contributed by atoms with E-state index in [0.29, 0.717) is 46.1 Å². The van der Waals surface area contributed by atoms with Gasteiger partial charge in [0, 0.05) is 61.1 Å². The van der Waals surface area contributed by atoms with E-state index < -0.39 is 5.82 Å². The van der Waals surface area contributed by atoms with E-state index in [-0.39, 0.29) is 11.6 Å². The number of carbonyl (C=O) groups excluding carboxylic acids is 1. The molecule has 0 unspecified atom stereocenters. The van der Waals surface area contributed by atoms with E-state index in [0.717, 1.165) is 49.1 Å². The van der Waals surface area contributed by atoms with Crippen LogP contribution in [0.1, 0.15) is 15.9 Å². The van der Waals surface area contributed by atoms with Gasteiger partial charge in [0.25, 0.3) is 5.91 Å². The number of likely N-dealkylation sites (N-methyl/N-ethyl adjacent to an activating group) is 1. The number of ether oxygens (including phenoxy) is 1. The van der Waals surface area contributed by atoms with Gasteiger partial charge in [-0.3, -0.25) is 9.69 Å². The largest absolute Gasteiger partial charge is 0.492 e. The number of nitrogens with two attached hydrogens (primary N) is 1. The summed E-state index contributed by atoms with van der Waals surface area (Å²) in [6.07, 6.45) is 2.97. The van der Waals surface area contributed by atoms with E-state index in [4.69, 9.17) is 10.5 Å². The molecular formula is C32H33FN8O2. The molecule has 3 aromatic carbocycles. The van der Waals surface area contributed by atoms with Gasteiger partial charge in [0.2, 0.25) is 0 Å². The number of hydrogen-bond donors (Lipinski definition) is 3. The predicted molar refractivity (Wildman–Crippen MR) is 167 cm³/mol. The van der Waals surface area contributed by atoms with Crippen LogP contribution >= 0.6 is 0 Å². The minimum Gasteiger partial charge on any atom is -0.492 e. The predicted octanol–water partition coefficient (Wildman–Crippen LogP) is 4.83. The van der Waals surface area contributed by atoms with Gasteiger partial charge < -0.3 is 26.0 Å². The van der Waals surface area contributed by atoms with Crippen molar-refractivity contribution >= 4 is 50.6 Å².